The van der Waals surface area contributed by atoms with Crippen LogP contribution in [0.1, 0.15) is 35.2 Å². The molecule has 2 amide bonds. The van der Waals surface area contributed by atoms with E-state index in [4.69, 9.17) is 5.26 Å². The summed E-state index contributed by atoms with van der Waals surface area (Å²) in [4.78, 5) is 25.9. The van der Waals surface area contributed by atoms with E-state index in [9.17, 15) is 18.0 Å². The number of nitriles is 1. The highest BCUT2D eigenvalue weighted by atomic mass is 32.2. The number of carbonyl (C=O) groups excluding carboxylic acids is 2. The number of anilines is 1. The molecular weight excluding hydrogens is 404 g/mol. The van der Waals surface area contributed by atoms with Crippen molar-refractivity contribution < 1.29 is 18.0 Å². The molecule has 2 aromatic rings. The zero-order valence-electron chi connectivity index (χ0n) is 16.3. The van der Waals surface area contributed by atoms with Crippen molar-refractivity contribution >= 4 is 27.5 Å². The van der Waals surface area contributed by atoms with E-state index in [2.05, 4.69) is 10.0 Å². The van der Waals surface area contributed by atoms with Gasteiger partial charge in [-0.3, -0.25) is 9.59 Å². The quantitative estimate of drug-likeness (QED) is 0.625. The molecule has 0 saturated carbocycles. The van der Waals surface area contributed by atoms with Crippen LogP contribution in [0.5, 0.6) is 0 Å². The van der Waals surface area contributed by atoms with Gasteiger partial charge in [-0.15, -0.1) is 0 Å². The lowest BCUT2D eigenvalue weighted by Crippen LogP contribution is -2.25. The fraction of sp³-hybridized carbons (Fsp3) is 0.286. The topological polar surface area (TPSA) is 119 Å². The predicted octanol–water partition coefficient (Wildman–Crippen LogP) is 1.94. The van der Waals surface area contributed by atoms with Crippen LogP contribution >= 0.6 is 0 Å². The molecule has 8 nitrogen and oxygen atoms in total. The van der Waals surface area contributed by atoms with Crippen molar-refractivity contribution in [3.05, 3.63) is 59.7 Å². The number of rotatable bonds is 8. The fourth-order valence-electron chi connectivity index (χ4n) is 3.11. The Morgan fingerprint density at radius 2 is 1.80 bits per heavy atom. The molecular formula is C21H22N4O4S. The molecule has 30 heavy (non-hydrogen) atoms. The van der Waals surface area contributed by atoms with Crippen molar-refractivity contribution in [1.82, 2.24) is 10.0 Å². The normalized spacial score (nSPS) is 13.8. The predicted molar refractivity (Wildman–Crippen MR) is 111 cm³/mol. The molecule has 1 aliphatic heterocycles. The van der Waals surface area contributed by atoms with Gasteiger partial charge in [0, 0.05) is 43.7 Å². The van der Waals surface area contributed by atoms with Gasteiger partial charge >= 0.3 is 0 Å². The minimum Gasteiger partial charge on any atom is -0.348 e. The summed E-state index contributed by atoms with van der Waals surface area (Å²) in [5, 5.41) is 11.3. The Labute approximate surface area is 175 Å². The van der Waals surface area contributed by atoms with Crippen molar-refractivity contribution in [2.75, 3.05) is 18.0 Å². The van der Waals surface area contributed by atoms with E-state index in [-0.39, 0.29) is 29.7 Å². The van der Waals surface area contributed by atoms with E-state index in [1.807, 2.05) is 30.3 Å². The molecule has 1 saturated heterocycles. The summed E-state index contributed by atoms with van der Waals surface area (Å²) in [6, 6.07) is 14.9. The molecule has 0 atom stereocenters. The Hall–Kier alpha value is -3.22. The highest BCUT2D eigenvalue weighted by Crippen LogP contribution is 2.21. The summed E-state index contributed by atoms with van der Waals surface area (Å²) in [7, 11) is -3.71. The maximum atomic E-state index is 12.3. The summed E-state index contributed by atoms with van der Waals surface area (Å²) in [6.45, 7) is 1.07. The first-order valence-corrected chi connectivity index (χ1v) is 11.0. The van der Waals surface area contributed by atoms with Gasteiger partial charge in [-0.1, -0.05) is 12.1 Å². The molecule has 9 heteroatoms. The molecule has 1 fully saturated rings. The lowest BCUT2D eigenvalue weighted by atomic mass is 10.1. The number of amides is 2. The lowest BCUT2D eigenvalue weighted by Gasteiger charge is -2.16. The third-order valence-electron chi connectivity index (χ3n) is 4.73. The van der Waals surface area contributed by atoms with Crippen LogP contribution < -0.4 is 14.9 Å². The SMILES string of the molecule is N#CCCNS(=O)(=O)c1ccc(C(=O)NCc2ccc(N3CCCC3=O)cc2)cc1. The van der Waals surface area contributed by atoms with Crippen LogP contribution in [0.25, 0.3) is 0 Å². The van der Waals surface area contributed by atoms with Crippen LogP contribution in [0, 0.1) is 11.3 Å². The van der Waals surface area contributed by atoms with Crippen molar-refractivity contribution in [1.29, 1.82) is 5.26 Å². The number of nitrogens with zero attached hydrogens (tertiary/aromatic N) is 2. The van der Waals surface area contributed by atoms with Crippen LogP contribution in [0.15, 0.2) is 53.4 Å². The van der Waals surface area contributed by atoms with Gasteiger partial charge in [0.05, 0.1) is 11.0 Å². The Kier molecular flexibility index (Phi) is 6.82. The van der Waals surface area contributed by atoms with Crippen molar-refractivity contribution in [3.63, 3.8) is 0 Å². The Balaban J connectivity index is 1.56. The molecule has 0 unspecified atom stereocenters. The summed E-state index contributed by atoms with van der Waals surface area (Å²) < 4.78 is 26.5. The first-order valence-electron chi connectivity index (χ1n) is 9.55. The second-order valence-electron chi connectivity index (χ2n) is 6.83. The summed E-state index contributed by atoms with van der Waals surface area (Å²) in [5.41, 5.74) is 2.08. The largest absolute Gasteiger partial charge is 0.348 e. The first-order chi connectivity index (χ1) is 14.4. The molecule has 0 spiro atoms. The van der Waals surface area contributed by atoms with Gasteiger partial charge in [-0.2, -0.15) is 5.26 Å². The van der Waals surface area contributed by atoms with Gasteiger partial charge in [0.1, 0.15) is 0 Å². The number of hydrogen-bond acceptors (Lipinski definition) is 5. The van der Waals surface area contributed by atoms with Gasteiger partial charge in [0.2, 0.25) is 15.9 Å². The molecule has 0 aromatic heterocycles. The average molecular weight is 426 g/mol. The number of hydrogen-bond donors (Lipinski definition) is 2. The van der Waals surface area contributed by atoms with Crippen LogP contribution in [0.3, 0.4) is 0 Å². The summed E-state index contributed by atoms with van der Waals surface area (Å²) in [6.07, 6.45) is 1.52. The molecule has 1 aliphatic rings. The average Bonchev–Trinajstić information content (AvgIpc) is 3.18. The molecule has 2 aromatic carbocycles. The second kappa shape index (κ2) is 9.52. The van der Waals surface area contributed by atoms with Crippen molar-refractivity contribution in [2.45, 2.75) is 30.7 Å². The van der Waals surface area contributed by atoms with Crippen LogP contribution in [-0.2, 0) is 21.4 Å². The number of sulfonamides is 1. The molecule has 0 aliphatic carbocycles. The maximum absolute atomic E-state index is 12.3. The first kappa shape index (κ1) is 21.5. The molecule has 1 heterocycles. The van der Waals surface area contributed by atoms with Crippen LogP contribution in [-0.4, -0.2) is 33.3 Å². The molecule has 156 valence electrons. The lowest BCUT2D eigenvalue weighted by molar-refractivity contribution is -0.117. The number of nitrogens with one attached hydrogen (secondary N) is 2. The monoisotopic (exact) mass is 426 g/mol. The Bertz CT molecular complexity index is 1060. The molecule has 3 rings (SSSR count). The van der Waals surface area contributed by atoms with Crippen LogP contribution in [0.4, 0.5) is 5.69 Å². The highest BCUT2D eigenvalue weighted by molar-refractivity contribution is 7.89. The zero-order valence-corrected chi connectivity index (χ0v) is 17.1. The van der Waals surface area contributed by atoms with Gasteiger partial charge < -0.3 is 10.2 Å². The van der Waals surface area contributed by atoms with E-state index in [0.717, 1.165) is 24.2 Å². The molecule has 0 bridgehead atoms. The van der Waals surface area contributed by atoms with E-state index in [0.29, 0.717) is 18.5 Å². The van der Waals surface area contributed by atoms with Crippen molar-refractivity contribution in [3.8, 4) is 6.07 Å². The Morgan fingerprint density at radius 1 is 1.10 bits per heavy atom. The smallest absolute Gasteiger partial charge is 0.251 e. The maximum Gasteiger partial charge on any atom is 0.251 e. The van der Waals surface area contributed by atoms with Crippen molar-refractivity contribution in [2.24, 2.45) is 0 Å². The number of benzene rings is 2. The standard InChI is InChI=1S/C21H22N4O4S/c22-12-2-13-24-30(28,29)19-10-6-17(7-11-19)21(27)23-15-16-4-8-18(9-5-16)25-14-1-3-20(25)26/h4-11,24H,1-3,13-15H2,(H,23,27). The fourth-order valence-corrected chi connectivity index (χ4v) is 4.14. The van der Waals surface area contributed by atoms with Gasteiger partial charge in [-0.05, 0) is 48.4 Å². The van der Waals surface area contributed by atoms with E-state index >= 15 is 0 Å². The minimum atomic E-state index is -3.71. The van der Waals surface area contributed by atoms with E-state index in [1.54, 1.807) is 4.90 Å². The van der Waals surface area contributed by atoms with E-state index < -0.39 is 10.0 Å². The number of carbonyl (C=O) groups is 2. The molecule has 0 radical (unpaired) electrons. The minimum absolute atomic E-state index is 0.0315. The summed E-state index contributed by atoms with van der Waals surface area (Å²) >= 11 is 0. The van der Waals surface area contributed by atoms with Gasteiger partial charge in [-0.25, -0.2) is 13.1 Å². The third-order valence-corrected chi connectivity index (χ3v) is 6.21. The van der Waals surface area contributed by atoms with Gasteiger partial charge in [0.15, 0.2) is 0 Å². The Morgan fingerprint density at radius 3 is 2.40 bits per heavy atom. The third kappa shape index (κ3) is 5.23. The van der Waals surface area contributed by atoms with E-state index in [1.165, 1.54) is 24.3 Å². The van der Waals surface area contributed by atoms with Crippen LogP contribution in [0.2, 0.25) is 0 Å². The second-order valence-corrected chi connectivity index (χ2v) is 8.60. The highest BCUT2D eigenvalue weighted by Gasteiger charge is 2.21. The zero-order chi connectivity index (χ0) is 21.6. The van der Waals surface area contributed by atoms with Gasteiger partial charge in [0.25, 0.3) is 5.91 Å². The summed E-state index contributed by atoms with van der Waals surface area (Å²) in [5.74, 6) is -0.197. The molecule has 2 N–H and O–H groups in total.